The predicted octanol–water partition coefficient (Wildman–Crippen LogP) is 2.54. The van der Waals surface area contributed by atoms with Crippen molar-refractivity contribution in [2.24, 2.45) is 5.73 Å². The fraction of sp³-hybridized carbons (Fsp3) is 0.125. The molecule has 3 nitrogen and oxygen atoms in total. The van der Waals surface area contributed by atoms with Crippen molar-refractivity contribution in [2.75, 3.05) is 11.9 Å². The van der Waals surface area contributed by atoms with Gasteiger partial charge < -0.3 is 10.6 Å². The number of halogens is 2. The number of nitrogens with zero attached hydrogens (tertiary/aromatic N) is 1. The van der Waals surface area contributed by atoms with Crippen LogP contribution in [0.25, 0.3) is 0 Å². The van der Waals surface area contributed by atoms with Gasteiger partial charge in [-0.05, 0) is 50.1 Å². The Morgan fingerprint density at radius 3 is 2.46 bits per heavy atom. The Morgan fingerprint density at radius 2 is 2.00 bits per heavy atom. The lowest BCUT2D eigenvalue weighted by Crippen LogP contribution is -2.32. The summed E-state index contributed by atoms with van der Waals surface area (Å²) in [5, 5.41) is 7.24. The Bertz CT molecular complexity index is 338. The quantitative estimate of drug-likeness (QED) is 0.619. The number of nitrogens with one attached hydrogen (secondary N) is 1. The van der Waals surface area contributed by atoms with Gasteiger partial charge in [-0.2, -0.15) is 0 Å². The van der Waals surface area contributed by atoms with Crippen LogP contribution in [0.15, 0.2) is 27.1 Å². The summed E-state index contributed by atoms with van der Waals surface area (Å²) in [7, 11) is 1.75. The van der Waals surface area contributed by atoms with E-state index in [0.29, 0.717) is 0 Å². The molecule has 0 aliphatic rings. The molecule has 0 spiro atoms. The third-order valence-corrected chi connectivity index (χ3v) is 3.53. The second-order valence-corrected chi connectivity index (χ2v) is 4.25. The van der Waals surface area contributed by atoms with E-state index in [-0.39, 0.29) is 5.96 Å². The summed E-state index contributed by atoms with van der Waals surface area (Å²) in [6.45, 7) is 0. The van der Waals surface area contributed by atoms with Crippen molar-refractivity contribution >= 4 is 43.5 Å². The van der Waals surface area contributed by atoms with Crippen molar-refractivity contribution in [1.29, 1.82) is 5.41 Å². The number of anilines is 1. The van der Waals surface area contributed by atoms with E-state index < -0.39 is 0 Å². The third-order valence-electron chi connectivity index (χ3n) is 1.65. The normalized spacial score (nSPS) is 9.77. The van der Waals surface area contributed by atoms with Crippen LogP contribution in [0.1, 0.15) is 0 Å². The number of hydrogen-bond donors (Lipinski definition) is 2. The van der Waals surface area contributed by atoms with Crippen LogP contribution < -0.4 is 10.6 Å². The highest BCUT2D eigenvalue weighted by Gasteiger charge is 2.04. The molecule has 0 radical (unpaired) electrons. The maximum absolute atomic E-state index is 7.24. The molecule has 0 aliphatic heterocycles. The van der Waals surface area contributed by atoms with Gasteiger partial charge in [0.1, 0.15) is 0 Å². The molecule has 0 amide bonds. The summed E-state index contributed by atoms with van der Waals surface area (Å²) in [6, 6.07) is 5.68. The van der Waals surface area contributed by atoms with Crippen molar-refractivity contribution in [2.45, 2.75) is 0 Å². The van der Waals surface area contributed by atoms with E-state index in [2.05, 4.69) is 31.9 Å². The first kappa shape index (κ1) is 10.5. The van der Waals surface area contributed by atoms with Gasteiger partial charge in [0.2, 0.25) is 0 Å². The van der Waals surface area contributed by atoms with E-state index in [0.717, 1.165) is 14.6 Å². The van der Waals surface area contributed by atoms with Crippen LogP contribution >= 0.6 is 31.9 Å². The third kappa shape index (κ3) is 2.45. The zero-order chi connectivity index (χ0) is 10.0. The van der Waals surface area contributed by atoms with Crippen molar-refractivity contribution in [1.82, 2.24) is 0 Å². The molecule has 0 aliphatic carbocycles. The molecule has 0 saturated carbocycles. The van der Waals surface area contributed by atoms with E-state index in [1.807, 2.05) is 18.2 Å². The fourth-order valence-corrected chi connectivity index (χ4v) is 1.45. The van der Waals surface area contributed by atoms with Crippen LogP contribution in [0, 0.1) is 5.41 Å². The molecule has 0 fully saturated rings. The van der Waals surface area contributed by atoms with Crippen LogP contribution in [0.3, 0.4) is 0 Å². The summed E-state index contributed by atoms with van der Waals surface area (Å²) in [5.74, 6) is 0.0224. The maximum atomic E-state index is 7.24. The minimum atomic E-state index is 0.0224. The van der Waals surface area contributed by atoms with Crippen molar-refractivity contribution in [3.8, 4) is 0 Å². The van der Waals surface area contributed by atoms with Gasteiger partial charge in [0.25, 0.3) is 0 Å². The molecule has 0 aromatic heterocycles. The average Bonchev–Trinajstić information content (AvgIpc) is 2.08. The number of hydrogen-bond acceptors (Lipinski definition) is 1. The standard InChI is InChI=1S/C8H9Br2N3/c1-13(8(11)12)5-2-3-6(9)7(10)4-5/h2-4H,1H3,(H3,11,12). The molecule has 0 bridgehead atoms. The Labute approximate surface area is 93.7 Å². The van der Waals surface area contributed by atoms with Gasteiger partial charge >= 0.3 is 0 Å². The van der Waals surface area contributed by atoms with E-state index >= 15 is 0 Å². The summed E-state index contributed by atoms with van der Waals surface area (Å²) >= 11 is 6.74. The van der Waals surface area contributed by atoms with Crippen LogP contribution in [-0.4, -0.2) is 13.0 Å². The van der Waals surface area contributed by atoms with E-state index in [4.69, 9.17) is 11.1 Å². The SMILES string of the molecule is CN(C(=N)N)c1ccc(Br)c(Br)c1. The maximum Gasteiger partial charge on any atom is 0.192 e. The van der Waals surface area contributed by atoms with Crippen molar-refractivity contribution in [3.63, 3.8) is 0 Å². The second-order valence-electron chi connectivity index (χ2n) is 2.54. The monoisotopic (exact) mass is 305 g/mol. The molecule has 13 heavy (non-hydrogen) atoms. The van der Waals surface area contributed by atoms with Crippen molar-refractivity contribution in [3.05, 3.63) is 27.1 Å². The summed E-state index contributed by atoms with van der Waals surface area (Å²) in [5.41, 5.74) is 6.22. The van der Waals surface area contributed by atoms with Crippen LogP contribution in [0.4, 0.5) is 5.69 Å². The zero-order valence-corrected chi connectivity index (χ0v) is 10.2. The molecule has 0 saturated heterocycles. The first-order valence-electron chi connectivity index (χ1n) is 3.55. The Balaban J connectivity index is 3.03. The first-order chi connectivity index (χ1) is 6.02. The lowest BCUT2D eigenvalue weighted by Gasteiger charge is -2.17. The number of rotatable bonds is 1. The highest BCUT2D eigenvalue weighted by molar-refractivity contribution is 9.13. The molecular weight excluding hydrogens is 298 g/mol. The molecule has 3 N–H and O–H groups in total. The lowest BCUT2D eigenvalue weighted by atomic mass is 10.3. The second kappa shape index (κ2) is 4.11. The predicted molar refractivity (Wildman–Crippen MR) is 62.2 cm³/mol. The van der Waals surface area contributed by atoms with E-state index in [1.165, 1.54) is 0 Å². The van der Waals surface area contributed by atoms with Gasteiger partial charge in [0.15, 0.2) is 5.96 Å². The number of nitrogens with two attached hydrogens (primary N) is 1. The van der Waals surface area contributed by atoms with E-state index in [9.17, 15) is 0 Å². The van der Waals surface area contributed by atoms with Gasteiger partial charge in [-0.25, -0.2) is 0 Å². The fourth-order valence-electron chi connectivity index (χ4n) is 0.833. The minimum absolute atomic E-state index is 0.0224. The Kier molecular flexibility index (Phi) is 3.33. The molecule has 5 heteroatoms. The van der Waals surface area contributed by atoms with Gasteiger partial charge in [-0.1, -0.05) is 0 Å². The largest absolute Gasteiger partial charge is 0.370 e. The molecule has 0 unspecified atom stereocenters. The van der Waals surface area contributed by atoms with Gasteiger partial charge in [0.05, 0.1) is 0 Å². The Hall–Kier alpha value is -0.550. The summed E-state index contributed by atoms with van der Waals surface area (Å²) in [6.07, 6.45) is 0. The molecule has 0 heterocycles. The van der Waals surface area contributed by atoms with Crippen LogP contribution in [0.2, 0.25) is 0 Å². The zero-order valence-electron chi connectivity index (χ0n) is 7.01. The summed E-state index contributed by atoms with van der Waals surface area (Å²) < 4.78 is 1.92. The lowest BCUT2D eigenvalue weighted by molar-refractivity contribution is 1.19. The van der Waals surface area contributed by atoms with Gasteiger partial charge in [0, 0.05) is 21.7 Å². The molecule has 0 atom stereocenters. The van der Waals surface area contributed by atoms with Gasteiger partial charge in [-0.15, -0.1) is 0 Å². The summed E-state index contributed by atoms with van der Waals surface area (Å²) in [4.78, 5) is 1.59. The molecule has 1 aromatic rings. The van der Waals surface area contributed by atoms with E-state index in [1.54, 1.807) is 11.9 Å². The number of benzene rings is 1. The Morgan fingerprint density at radius 1 is 1.38 bits per heavy atom. The molecule has 70 valence electrons. The highest BCUT2D eigenvalue weighted by atomic mass is 79.9. The first-order valence-corrected chi connectivity index (χ1v) is 5.14. The molecular formula is C8H9Br2N3. The van der Waals surface area contributed by atoms with Gasteiger partial charge in [-0.3, -0.25) is 5.41 Å². The average molecular weight is 307 g/mol. The van der Waals surface area contributed by atoms with Crippen LogP contribution in [-0.2, 0) is 0 Å². The minimum Gasteiger partial charge on any atom is -0.370 e. The van der Waals surface area contributed by atoms with Crippen molar-refractivity contribution < 1.29 is 0 Å². The van der Waals surface area contributed by atoms with Crippen LogP contribution in [0.5, 0.6) is 0 Å². The smallest absolute Gasteiger partial charge is 0.192 e. The highest BCUT2D eigenvalue weighted by Crippen LogP contribution is 2.27. The number of guanidine groups is 1. The molecule has 1 aromatic carbocycles. The molecule has 1 rings (SSSR count). The topological polar surface area (TPSA) is 53.1 Å².